The maximum Gasteiger partial charge on any atom is 0.201 e. The van der Waals surface area contributed by atoms with E-state index in [-0.39, 0.29) is 0 Å². The van der Waals surface area contributed by atoms with Crippen LogP contribution >= 0.6 is 0 Å². The van der Waals surface area contributed by atoms with E-state index >= 15 is 0 Å². The molecule has 0 atom stereocenters. The highest BCUT2D eigenvalue weighted by atomic mass is 16.5. The predicted octanol–water partition coefficient (Wildman–Crippen LogP) is -0.0610. The second-order valence-electron chi connectivity index (χ2n) is 1.59. The summed E-state index contributed by atoms with van der Waals surface area (Å²) in [7, 11) is 3.51. The first-order chi connectivity index (χ1) is 3.84. The van der Waals surface area contributed by atoms with Crippen LogP contribution in [0.25, 0.3) is 0 Å². The molecule has 8 heavy (non-hydrogen) atoms. The normalized spacial score (nSPS) is 18.8. The van der Waals surface area contributed by atoms with Gasteiger partial charge in [-0.15, -0.1) is 5.43 Å². The Labute approximate surface area is 48.9 Å². The zero-order valence-electron chi connectivity index (χ0n) is 5.09. The third-order valence-corrected chi connectivity index (χ3v) is 1.09. The Kier molecular flexibility index (Phi) is 1.39. The van der Waals surface area contributed by atoms with Crippen molar-refractivity contribution in [1.82, 2.24) is 10.4 Å². The molecule has 3 heteroatoms. The topological polar surface area (TPSA) is 26.6 Å². The largest absolute Gasteiger partial charge is 0.482 e. The van der Waals surface area contributed by atoms with Gasteiger partial charge in [-0.1, -0.05) is 0 Å². The molecule has 0 amide bonds. The lowest BCUT2D eigenvalue weighted by Gasteiger charge is -2.11. The molecule has 0 saturated heterocycles. The van der Waals surface area contributed by atoms with E-state index in [9.17, 15) is 0 Å². The van der Waals surface area contributed by atoms with E-state index in [1.54, 1.807) is 12.1 Å². The van der Waals surface area contributed by atoms with E-state index in [1.165, 1.54) is 0 Å². The molecule has 0 aliphatic carbocycles. The molecule has 0 bridgehead atoms. The smallest absolute Gasteiger partial charge is 0.201 e. The third-order valence-electron chi connectivity index (χ3n) is 1.09. The Morgan fingerprint density at radius 2 is 2.62 bits per heavy atom. The van der Waals surface area contributed by atoms with Crippen LogP contribution in [-0.4, -0.2) is 25.7 Å². The molecule has 1 aliphatic heterocycles. The summed E-state index contributed by atoms with van der Waals surface area (Å²) in [5.41, 5.74) is 4.00. The Bertz CT molecular complexity index is 111. The van der Waals surface area contributed by atoms with E-state index < -0.39 is 0 Å². The van der Waals surface area contributed by atoms with Crippen LogP contribution in [0.15, 0.2) is 12.0 Å². The number of methoxy groups -OCH3 is 1. The minimum atomic E-state index is 0.750. The van der Waals surface area contributed by atoms with E-state index in [2.05, 4.69) is 5.43 Å². The lowest BCUT2D eigenvalue weighted by molar-refractivity contribution is 0.155. The fourth-order valence-electron chi connectivity index (χ4n) is 0.659. The van der Waals surface area contributed by atoms with Gasteiger partial charge in [0.2, 0.25) is 5.88 Å². The molecule has 0 fully saturated rings. The zero-order valence-corrected chi connectivity index (χ0v) is 5.09. The quantitative estimate of drug-likeness (QED) is 0.476. The fourth-order valence-corrected chi connectivity index (χ4v) is 0.659. The van der Waals surface area contributed by atoms with Crippen LogP contribution in [0.1, 0.15) is 0 Å². The summed E-state index contributed by atoms with van der Waals surface area (Å²) in [5.74, 6) is 0.838. The molecule has 0 N–H and O–H groups in total. The van der Waals surface area contributed by atoms with Gasteiger partial charge in [0.05, 0.1) is 13.7 Å². The highest BCUT2D eigenvalue weighted by Gasteiger charge is 2.09. The van der Waals surface area contributed by atoms with Crippen molar-refractivity contribution in [1.29, 1.82) is 0 Å². The summed E-state index contributed by atoms with van der Waals surface area (Å²) < 4.78 is 4.92. The van der Waals surface area contributed by atoms with Crippen LogP contribution in [0.2, 0.25) is 0 Å². The molecule has 1 rings (SSSR count). The van der Waals surface area contributed by atoms with Crippen molar-refractivity contribution in [3.63, 3.8) is 0 Å². The highest BCUT2D eigenvalue weighted by Crippen LogP contribution is 2.04. The second-order valence-corrected chi connectivity index (χ2v) is 1.59. The summed E-state index contributed by atoms with van der Waals surface area (Å²) in [4.78, 5) is 0. The minimum absolute atomic E-state index is 0.750. The molecule has 0 aromatic carbocycles. The predicted molar refractivity (Wildman–Crippen MR) is 29.9 cm³/mol. The van der Waals surface area contributed by atoms with Crippen LogP contribution in [-0.2, 0) is 4.74 Å². The van der Waals surface area contributed by atoms with E-state index in [4.69, 9.17) is 4.74 Å². The standard InChI is InChI=1S/C5H9N2O/c1-7-5(8-2)3-4-6-7/h3H,4H2,1-2H3. The van der Waals surface area contributed by atoms with Gasteiger partial charge in [0.1, 0.15) is 0 Å². The molecule has 0 unspecified atom stereocenters. The van der Waals surface area contributed by atoms with Crippen LogP contribution in [0, 0.1) is 0 Å². The summed E-state index contributed by atoms with van der Waals surface area (Å²) in [6.45, 7) is 0.750. The number of rotatable bonds is 1. The van der Waals surface area contributed by atoms with Gasteiger partial charge in [0.25, 0.3) is 0 Å². The van der Waals surface area contributed by atoms with Crippen LogP contribution in [0.3, 0.4) is 0 Å². The van der Waals surface area contributed by atoms with Gasteiger partial charge in [0.15, 0.2) is 0 Å². The molecule has 0 aromatic rings. The van der Waals surface area contributed by atoms with Crippen molar-refractivity contribution in [2.24, 2.45) is 0 Å². The first-order valence-electron chi connectivity index (χ1n) is 2.50. The van der Waals surface area contributed by atoms with Gasteiger partial charge in [-0.25, -0.2) is 0 Å². The van der Waals surface area contributed by atoms with Crippen molar-refractivity contribution in [2.75, 3.05) is 20.7 Å². The van der Waals surface area contributed by atoms with Crippen LogP contribution in [0.4, 0.5) is 0 Å². The monoisotopic (exact) mass is 113 g/mol. The van der Waals surface area contributed by atoms with Crippen molar-refractivity contribution in [3.05, 3.63) is 12.0 Å². The maximum absolute atomic E-state index is 4.92. The van der Waals surface area contributed by atoms with Gasteiger partial charge in [0, 0.05) is 7.05 Å². The second kappa shape index (κ2) is 2.05. The number of hydrogen-bond acceptors (Lipinski definition) is 2. The Hall–Kier alpha value is -0.700. The molecule has 1 aliphatic rings. The van der Waals surface area contributed by atoms with Crippen LogP contribution < -0.4 is 5.43 Å². The maximum atomic E-state index is 4.92. The SMILES string of the molecule is COC1=CC[N]N1C. The zero-order chi connectivity index (χ0) is 5.98. The van der Waals surface area contributed by atoms with Crippen molar-refractivity contribution in [3.8, 4) is 0 Å². The van der Waals surface area contributed by atoms with Crippen molar-refractivity contribution >= 4 is 0 Å². The minimum Gasteiger partial charge on any atom is -0.482 e. The summed E-state index contributed by atoms with van der Waals surface area (Å²) in [6, 6.07) is 0. The van der Waals surface area contributed by atoms with Crippen LogP contribution in [0.5, 0.6) is 0 Å². The van der Waals surface area contributed by atoms with Crippen molar-refractivity contribution in [2.45, 2.75) is 0 Å². The molecule has 1 radical (unpaired) electrons. The third kappa shape index (κ3) is 0.767. The molecular formula is C5H9N2O. The summed E-state index contributed by atoms with van der Waals surface area (Å²) >= 11 is 0. The molecule has 3 nitrogen and oxygen atoms in total. The molecule has 0 spiro atoms. The molecule has 0 saturated carbocycles. The highest BCUT2D eigenvalue weighted by molar-refractivity contribution is 4.96. The molecule has 0 aromatic heterocycles. The number of nitrogens with zero attached hydrogens (tertiary/aromatic N) is 2. The lowest BCUT2D eigenvalue weighted by Crippen LogP contribution is -2.20. The first-order valence-corrected chi connectivity index (χ1v) is 2.50. The van der Waals surface area contributed by atoms with E-state index in [0.29, 0.717) is 0 Å². The van der Waals surface area contributed by atoms with E-state index in [1.807, 2.05) is 13.1 Å². The van der Waals surface area contributed by atoms with Gasteiger partial charge in [-0.2, -0.15) is 0 Å². The van der Waals surface area contributed by atoms with Gasteiger partial charge >= 0.3 is 0 Å². The van der Waals surface area contributed by atoms with Crippen molar-refractivity contribution < 1.29 is 4.74 Å². The van der Waals surface area contributed by atoms with E-state index in [0.717, 1.165) is 12.4 Å². The fraction of sp³-hybridized carbons (Fsp3) is 0.600. The molecule has 45 valence electrons. The lowest BCUT2D eigenvalue weighted by atomic mass is 10.6. The first kappa shape index (κ1) is 5.44. The average molecular weight is 113 g/mol. The summed E-state index contributed by atoms with van der Waals surface area (Å²) in [6.07, 6.45) is 1.93. The number of hydrogen-bond donors (Lipinski definition) is 0. The molecule has 1 heterocycles. The number of ether oxygens (including phenoxy) is 1. The van der Waals surface area contributed by atoms with Gasteiger partial charge in [-0.3, -0.25) is 5.01 Å². The van der Waals surface area contributed by atoms with Gasteiger partial charge < -0.3 is 4.74 Å². The Morgan fingerprint density at radius 1 is 1.88 bits per heavy atom. The average Bonchev–Trinajstić information content (AvgIpc) is 2.14. The summed E-state index contributed by atoms with van der Waals surface area (Å²) in [5, 5.41) is 1.72. The molecular weight excluding hydrogens is 104 g/mol. The Morgan fingerprint density at radius 3 is 2.88 bits per heavy atom. The Balaban J connectivity index is 2.49. The van der Waals surface area contributed by atoms with Gasteiger partial charge in [-0.05, 0) is 6.08 Å².